The van der Waals surface area contributed by atoms with Crippen molar-refractivity contribution in [2.24, 2.45) is 0 Å². The lowest BCUT2D eigenvalue weighted by Gasteiger charge is -2.23. The molecule has 0 heterocycles. The fraction of sp³-hybridized carbons (Fsp3) is 0.200. The number of nitrogens with zero attached hydrogens (tertiary/aromatic N) is 1. The Hall–Kier alpha value is -1.88. The van der Waals surface area contributed by atoms with E-state index >= 15 is 0 Å². The van der Waals surface area contributed by atoms with Crippen molar-refractivity contribution in [1.82, 2.24) is 0 Å². The number of anilines is 1. The molecule has 0 aromatic heterocycles. The van der Waals surface area contributed by atoms with Gasteiger partial charge in [-0.05, 0) is 36.2 Å². The third-order valence-electron chi connectivity index (χ3n) is 3.07. The number of sulfonamides is 1. The predicted molar refractivity (Wildman–Crippen MR) is 78.6 cm³/mol. The van der Waals surface area contributed by atoms with Crippen LogP contribution in [0, 0.1) is 12.7 Å². The van der Waals surface area contributed by atoms with Crippen molar-refractivity contribution in [3.63, 3.8) is 0 Å². The minimum Gasteiger partial charge on any atom is -0.266 e. The summed E-state index contributed by atoms with van der Waals surface area (Å²) in [6.07, 6.45) is 1.12. The highest BCUT2D eigenvalue weighted by Crippen LogP contribution is 2.22. The van der Waals surface area contributed by atoms with E-state index in [1.165, 1.54) is 22.5 Å². The molecule has 20 heavy (non-hydrogen) atoms. The van der Waals surface area contributed by atoms with Gasteiger partial charge in [-0.2, -0.15) is 0 Å². The highest BCUT2D eigenvalue weighted by Gasteiger charge is 2.18. The topological polar surface area (TPSA) is 37.4 Å². The van der Waals surface area contributed by atoms with Crippen molar-refractivity contribution in [2.75, 3.05) is 10.6 Å². The van der Waals surface area contributed by atoms with Gasteiger partial charge in [0.15, 0.2) is 0 Å². The van der Waals surface area contributed by atoms with Gasteiger partial charge in [-0.1, -0.05) is 30.3 Å². The van der Waals surface area contributed by atoms with Crippen molar-refractivity contribution < 1.29 is 12.8 Å². The van der Waals surface area contributed by atoms with Crippen molar-refractivity contribution >= 4 is 15.7 Å². The van der Waals surface area contributed by atoms with Crippen LogP contribution in [0.25, 0.3) is 0 Å². The zero-order valence-corrected chi connectivity index (χ0v) is 12.2. The summed E-state index contributed by atoms with van der Waals surface area (Å²) in [7, 11) is -3.48. The van der Waals surface area contributed by atoms with Crippen molar-refractivity contribution in [2.45, 2.75) is 13.5 Å². The first-order valence-corrected chi connectivity index (χ1v) is 8.00. The van der Waals surface area contributed by atoms with E-state index in [-0.39, 0.29) is 6.54 Å². The molecular weight excluding hydrogens is 277 g/mol. The van der Waals surface area contributed by atoms with Crippen LogP contribution in [-0.4, -0.2) is 14.7 Å². The molecule has 0 saturated heterocycles. The first-order valence-electron chi connectivity index (χ1n) is 6.16. The maximum atomic E-state index is 13.3. The van der Waals surface area contributed by atoms with Gasteiger partial charge in [0, 0.05) is 0 Å². The summed E-state index contributed by atoms with van der Waals surface area (Å²) in [4.78, 5) is 0. The molecule has 0 aliphatic carbocycles. The van der Waals surface area contributed by atoms with E-state index in [9.17, 15) is 12.8 Å². The third-order valence-corrected chi connectivity index (χ3v) is 4.21. The fourth-order valence-corrected chi connectivity index (χ4v) is 2.84. The molecule has 0 spiro atoms. The smallest absolute Gasteiger partial charge is 0.232 e. The van der Waals surface area contributed by atoms with Gasteiger partial charge >= 0.3 is 0 Å². The molecule has 0 saturated carbocycles. The molecule has 106 valence electrons. The average Bonchev–Trinajstić information content (AvgIpc) is 2.36. The van der Waals surface area contributed by atoms with Crippen LogP contribution in [0.2, 0.25) is 0 Å². The largest absolute Gasteiger partial charge is 0.266 e. The highest BCUT2D eigenvalue weighted by molar-refractivity contribution is 7.92. The van der Waals surface area contributed by atoms with Crippen molar-refractivity contribution in [3.8, 4) is 0 Å². The van der Waals surface area contributed by atoms with Crippen molar-refractivity contribution in [3.05, 3.63) is 65.5 Å². The summed E-state index contributed by atoms with van der Waals surface area (Å²) in [6.45, 7) is 2.11. The Balaban J connectivity index is 2.43. The molecule has 0 fully saturated rings. The zero-order chi connectivity index (χ0) is 14.8. The molecule has 3 nitrogen and oxygen atoms in total. The number of hydrogen-bond donors (Lipinski definition) is 0. The van der Waals surface area contributed by atoms with Crippen LogP contribution in [0.15, 0.2) is 48.5 Å². The second-order valence-corrected chi connectivity index (χ2v) is 6.58. The van der Waals surface area contributed by atoms with E-state index < -0.39 is 15.8 Å². The summed E-state index contributed by atoms with van der Waals surface area (Å²) < 4.78 is 38.4. The Kier molecular flexibility index (Phi) is 4.09. The van der Waals surface area contributed by atoms with E-state index in [2.05, 4.69) is 0 Å². The lowest BCUT2D eigenvalue weighted by atomic mass is 10.1. The van der Waals surface area contributed by atoms with E-state index in [0.717, 1.165) is 17.4 Å². The molecule has 5 heteroatoms. The van der Waals surface area contributed by atoms with Gasteiger partial charge < -0.3 is 0 Å². The Morgan fingerprint density at radius 2 is 1.80 bits per heavy atom. The zero-order valence-electron chi connectivity index (χ0n) is 11.4. The van der Waals surface area contributed by atoms with Gasteiger partial charge in [0.05, 0.1) is 18.5 Å². The molecule has 2 aromatic rings. The molecule has 0 aliphatic rings. The van der Waals surface area contributed by atoms with Gasteiger partial charge in [-0.25, -0.2) is 12.8 Å². The van der Waals surface area contributed by atoms with E-state index in [1.807, 2.05) is 31.2 Å². The molecule has 0 aliphatic heterocycles. The second-order valence-electron chi connectivity index (χ2n) is 4.68. The van der Waals surface area contributed by atoms with Crippen LogP contribution >= 0.6 is 0 Å². The Labute approximate surface area is 118 Å². The van der Waals surface area contributed by atoms with Gasteiger partial charge in [0.25, 0.3) is 0 Å². The van der Waals surface area contributed by atoms with E-state index in [0.29, 0.717) is 5.69 Å². The molecule has 0 unspecified atom stereocenters. The maximum absolute atomic E-state index is 13.3. The van der Waals surface area contributed by atoms with Crippen LogP contribution in [0.4, 0.5) is 10.1 Å². The molecule has 0 radical (unpaired) electrons. The highest BCUT2D eigenvalue weighted by atomic mass is 32.2. The van der Waals surface area contributed by atoms with Gasteiger partial charge in [-0.15, -0.1) is 0 Å². The van der Waals surface area contributed by atoms with Crippen molar-refractivity contribution in [1.29, 1.82) is 0 Å². The third kappa shape index (κ3) is 3.36. The Bertz CT molecular complexity index is 713. The monoisotopic (exact) mass is 293 g/mol. The summed E-state index contributed by atoms with van der Waals surface area (Å²) in [5, 5.41) is 0. The standard InChI is InChI=1S/C15H16FNO2S/c1-12-6-3-4-7-13(12)11-17(20(2,18)19)15-9-5-8-14(16)10-15/h3-10H,11H2,1-2H3. The molecule has 2 aromatic carbocycles. The lowest BCUT2D eigenvalue weighted by molar-refractivity contribution is 0.595. The number of hydrogen-bond acceptors (Lipinski definition) is 2. The first kappa shape index (κ1) is 14.5. The predicted octanol–water partition coefficient (Wildman–Crippen LogP) is 3.10. The molecule has 2 rings (SSSR count). The summed E-state index contributed by atoms with van der Waals surface area (Å²) >= 11 is 0. The summed E-state index contributed by atoms with van der Waals surface area (Å²) in [5.41, 5.74) is 2.22. The van der Waals surface area contributed by atoms with Crippen LogP contribution in [-0.2, 0) is 16.6 Å². The summed E-state index contributed by atoms with van der Waals surface area (Å²) in [6, 6.07) is 13.1. The SMILES string of the molecule is Cc1ccccc1CN(c1cccc(F)c1)S(C)(=O)=O. The fourth-order valence-electron chi connectivity index (χ4n) is 1.97. The number of benzene rings is 2. The van der Waals surface area contributed by atoms with E-state index in [4.69, 9.17) is 0 Å². The normalized spacial score (nSPS) is 11.3. The lowest BCUT2D eigenvalue weighted by Crippen LogP contribution is -2.29. The van der Waals surface area contributed by atoms with E-state index in [1.54, 1.807) is 6.07 Å². The van der Waals surface area contributed by atoms with Gasteiger partial charge in [0.1, 0.15) is 5.82 Å². The average molecular weight is 293 g/mol. The van der Waals surface area contributed by atoms with Crippen LogP contribution < -0.4 is 4.31 Å². The number of rotatable bonds is 4. The number of aryl methyl sites for hydroxylation is 1. The van der Waals surface area contributed by atoms with Crippen LogP contribution in [0.3, 0.4) is 0 Å². The minimum atomic E-state index is -3.48. The first-order chi connectivity index (χ1) is 9.38. The Morgan fingerprint density at radius 1 is 1.10 bits per heavy atom. The molecule has 0 N–H and O–H groups in total. The molecule has 0 atom stereocenters. The molecule has 0 bridgehead atoms. The number of halogens is 1. The summed E-state index contributed by atoms with van der Waals surface area (Å²) in [5.74, 6) is -0.457. The molecular formula is C15H16FNO2S. The van der Waals surface area contributed by atoms with Gasteiger partial charge in [0.2, 0.25) is 10.0 Å². The maximum Gasteiger partial charge on any atom is 0.232 e. The Morgan fingerprint density at radius 3 is 2.40 bits per heavy atom. The molecule has 0 amide bonds. The van der Waals surface area contributed by atoms with Crippen LogP contribution in [0.5, 0.6) is 0 Å². The van der Waals surface area contributed by atoms with Crippen LogP contribution in [0.1, 0.15) is 11.1 Å². The quantitative estimate of drug-likeness (QED) is 0.868. The minimum absolute atomic E-state index is 0.189. The second kappa shape index (κ2) is 5.63. The van der Waals surface area contributed by atoms with Gasteiger partial charge in [-0.3, -0.25) is 4.31 Å².